The monoisotopic (exact) mass is 194 g/mol. The van der Waals surface area contributed by atoms with E-state index >= 15 is 0 Å². The fourth-order valence-electron chi connectivity index (χ4n) is 4.17. The topological polar surface area (TPSA) is 17.1 Å². The van der Waals surface area contributed by atoms with Crippen molar-refractivity contribution in [3.8, 4) is 0 Å². The van der Waals surface area contributed by atoms with E-state index in [1.807, 2.05) is 0 Å². The number of Topliss-reactive ketones (excluding diaryl/α,β-unsaturated/α-hetero) is 1. The van der Waals surface area contributed by atoms with Crippen molar-refractivity contribution in [2.75, 3.05) is 0 Å². The lowest BCUT2D eigenvalue weighted by atomic mass is 9.58. The molecule has 2 rings (SSSR count). The maximum atomic E-state index is 11.8. The number of ketones is 1. The summed E-state index contributed by atoms with van der Waals surface area (Å²) < 4.78 is 0. The standard InChI is InChI=1S/C13H22O/c1-9-6-4-5-7-13(9)10(2)8-12(14)11(13)3/h9-11H,4-8H2,1-3H3/t9-,10+,11+,13+/m0/s1. The quantitative estimate of drug-likeness (QED) is 0.577. The SMILES string of the molecule is C[C@@H]1CC(=O)[C@@H](C)[C@@]12CCCC[C@@H]2C. The Kier molecular flexibility index (Phi) is 2.45. The van der Waals surface area contributed by atoms with Crippen molar-refractivity contribution >= 4 is 5.78 Å². The molecule has 80 valence electrons. The third kappa shape index (κ3) is 1.17. The van der Waals surface area contributed by atoms with E-state index in [0.717, 1.165) is 12.3 Å². The van der Waals surface area contributed by atoms with Crippen LogP contribution < -0.4 is 0 Å². The summed E-state index contributed by atoms with van der Waals surface area (Å²) in [4.78, 5) is 11.8. The van der Waals surface area contributed by atoms with Gasteiger partial charge in [0.15, 0.2) is 0 Å². The highest BCUT2D eigenvalue weighted by Crippen LogP contribution is 2.57. The molecule has 2 aliphatic carbocycles. The van der Waals surface area contributed by atoms with Crippen LogP contribution in [0, 0.1) is 23.2 Å². The van der Waals surface area contributed by atoms with E-state index in [4.69, 9.17) is 0 Å². The second-order valence-corrected chi connectivity index (χ2v) is 5.55. The van der Waals surface area contributed by atoms with Gasteiger partial charge in [0.25, 0.3) is 0 Å². The van der Waals surface area contributed by atoms with Crippen LogP contribution in [-0.4, -0.2) is 5.78 Å². The molecule has 2 aliphatic rings. The molecule has 0 bridgehead atoms. The molecule has 1 spiro atoms. The highest BCUT2D eigenvalue weighted by Gasteiger charge is 2.53. The largest absolute Gasteiger partial charge is 0.299 e. The lowest BCUT2D eigenvalue weighted by molar-refractivity contribution is -0.123. The summed E-state index contributed by atoms with van der Waals surface area (Å²) in [5, 5.41) is 0. The first-order valence-electron chi connectivity index (χ1n) is 6.11. The Bertz CT molecular complexity index is 246. The predicted molar refractivity (Wildman–Crippen MR) is 58.0 cm³/mol. The highest BCUT2D eigenvalue weighted by atomic mass is 16.1. The summed E-state index contributed by atoms with van der Waals surface area (Å²) in [6.45, 7) is 6.83. The molecule has 0 aromatic carbocycles. The third-order valence-electron chi connectivity index (χ3n) is 5.13. The smallest absolute Gasteiger partial charge is 0.136 e. The number of rotatable bonds is 0. The molecule has 14 heavy (non-hydrogen) atoms. The van der Waals surface area contributed by atoms with Crippen molar-refractivity contribution in [1.82, 2.24) is 0 Å². The first-order valence-corrected chi connectivity index (χ1v) is 6.11. The molecule has 0 saturated heterocycles. The molecule has 0 aliphatic heterocycles. The van der Waals surface area contributed by atoms with Crippen LogP contribution in [0.3, 0.4) is 0 Å². The van der Waals surface area contributed by atoms with E-state index < -0.39 is 0 Å². The van der Waals surface area contributed by atoms with Crippen molar-refractivity contribution in [3.63, 3.8) is 0 Å². The first-order chi connectivity index (χ1) is 6.59. The lowest BCUT2D eigenvalue weighted by Crippen LogP contribution is -2.39. The van der Waals surface area contributed by atoms with Crippen LogP contribution in [0.25, 0.3) is 0 Å². The normalized spacial score (nSPS) is 48.8. The molecule has 0 N–H and O–H groups in total. The second kappa shape index (κ2) is 3.36. The van der Waals surface area contributed by atoms with Gasteiger partial charge in [0.1, 0.15) is 5.78 Å². The van der Waals surface area contributed by atoms with Crippen LogP contribution in [0.15, 0.2) is 0 Å². The van der Waals surface area contributed by atoms with E-state index in [0.29, 0.717) is 23.0 Å². The molecular weight excluding hydrogens is 172 g/mol. The molecule has 0 aromatic rings. The van der Waals surface area contributed by atoms with Gasteiger partial charge in [-0.2, -0.15) is 0 Å². The lowest BCUT2D eigenvalue weighted by Gasteiger charge is -2.46. The molecule has 0 radical (unpaired) electrons. The van der Waals surface area contributed by atoms with E-state index in [1.54, 1.807) is 0 Å². The summed E-state index contributed by atoms with van der Waals surface area (Å²) in [6, 6.07) is 0. The Morgan fingerprint density at radius 3 is 2.36 bits per heavy atom. The van der Waals surface area contributed by atoms with Gasteiger partial charge in [-0.25, -0.2) is 0 Å². The zero-order valence-corrected chi connectivity index (χ0v) is 9.68. The van der Waals surface area contributed by atoms with Gasteiger partial charge < -0.3 is 0 Å². The van der Waals surface area contributed by atoms with E-state index in [-0.39, 0.29) is 0 Å². The van der Waals surface area contributed by atoms with Crippen LogP contribution in [0.2, 0.25) is 0 Å². The molecule has 0 aromatic heterocycles. The van der Waals surface area contributed by atoms with Crippen LogP contribution in [0.4, 0.5) is 0 Å². The maximum Gasteiger partial charge on any atom is 0.136 e. The van der Waals surface area contributed by atoms with Gasteiger partial charge in [0, 0.05) is 12.3 Å². The Hall–Kier alpha value is -0.330. The van der Waals surface area contributed by atoms with Gasteiger partial charge in [-0.1, -0.05) is 40.0 Å². The Morgan fingerprint density at radius 2 is 1.86 bits per heavy atom. The molecule has 2 fully saturated rings. The molecular formula is C13H22O. The Labute approximate surface area is 87.3 Å². The molecule has 0 amide bonds. The van der Waals surface area contributed by atoms with Crippen LogP contribution >= 0.6 is 0 Å². The van der Waals surface area contributed by atoms with Crippen LogP contribution in [-0.2, 0) is 4.79 Å². The Morgan fingerprint density at radius 1 is 1.14 bits per heavy atom. The summed E-state index contributed by atoms with van der Waals surface area (Å²) in [5.41, 5.74) is 0.370. The van der Waals surface area contributed by atoms with Gasteiger partial charge in [-0.15, -0.1) is 0 Å². The minimum absolute atomic E-state index is 0.327. The third-order valence-corrected chi connectivity index (χ3v) is 5.13. The zero-order valence-electron chi connectivity index (χ0n) is 9.68. The van der Waals surface area contributed by atoms with Crippen molar-refractivity contribution < 1.29 is 4.79 Å². The van der Waals surface area contributed by atoms with Gasteiger partial charge >= 0.3 is 0 Å². The van der Waals surface area contributed by atoms with Gasteiger partial charge in [0.2, 0.25) is 0 Å². The van der Waals surface area contributed by atoms with Crippen molar-refractivity contribution in [3.05, 3.63) is 0 Å². The van der Waals surface area contributed by atoms with Gasteiger partial charge in [0.05, 0.1) is 0 Å². The number of carbonyl (C=O) groups is 1. The Balaban J connectivity index is 2.31. The van der Waals surface area contributed by atoms with Crippen molar-refractivity contribution in [2.45, 2.75) is 52.9 Å². The predicted octanol–water partition coefficient (Wildman–Crippen LogP) is 3.43. The minimum atomic E-state index is 0.327. The fraction of sp³-hybridized carbons (Fsp3) is 0.923. The summed E-state index contributed by atoms with van der Waals surface area (Å²) in [6.07, 6.45) is 6.18. The van der Waals surface area contributed by atoms with E-state index in [2.05, 4.69) is 20.8 Å². The van der Waals surface area contributed by atoms with Crippen molar-refractivity contribution in [1.29, 1.82) is 0 Å². The zero-order chi connectivity index (χ0) is 10.3. The summed E-state index contributed by atoms with van der Waals surface area (Å²) >= 11 is 0. The average molecular weight is 194 g/mol. The average Bonchev–Trinajstić information content (AvgIpc) is 2.36. The van der Waals surface area contributed by atoms with Gasteiger partial charge in [-0.3, -0.25) is 4.79 Å². The van der Waals surface area contributed by atoms with E-state index in [1.165, 1.54) is 25.7 Å². The van der Waals surface area contributed by atoms with E-state index in [9.17, 15) is 4.79 Å². The highest BCUT2D eigenvalue weighted by molar-refractivity contribution is 5.84. The first kappa shape index (κ1) is 10.2. The molecule has 0 unspecified atom stereocenters. The van der Waals surface area contributed by atoms with Crippen molar-refractivity contribution in [2.24, 2.45) is 23.2 Å². The number of hydrogen-bond donors (Lipinski definition) is 0. The molecule has 1 heteroatoms. The minimum Gasteiger partial charge on any atom is -0.299 e. The second-order valence-electron chi connectivity index (χ2n) is 5.55. The van der Waals surface area contributed by atoms with Gasteiger partial charge in [-0.05, 0) is 23.7 Å². The fourth-order valence-corrected chi connectivity index (χ4v) is 4.17. The maximum absolute atomic E-state index is 11.8. The number of carbonyl (C=O) groups excluding carboxylic acids is 1. The molecule has 1 nitrogen and oxygen atoms in total. The number of hydrogen-bond acceptors (Lipinski definition) is 1. The summed E-state index contributed by atoms with van der Waals surface area (Å²) in [5.74, 6) is 2.23. The molecule has 0 heterocycles. The van der Waals surface area contributed by atoms with Crippen LogP contribution in [0.1, 0.15) is 52.9 Å². The molecule has 4 atom stereocenters. The van der Waals surface area contributed by atoms with Crippen LogP contribution in [0.5, 0.6) is 0 Å². The summed E-state index contributed by atoms with van der Waals surface area (Å²) in [7, 11) is 0. The molecule has 2 saturated carbocycles.